The van der Waals surface area contributed by atoms with Gasteiger partial charge in [0.25, 0.3) is 6.43 Å². The molecule has 0 aliphatic rings. The molecule has 0 fully saturated rings. The number of nitrogens with zero attached hydrogens (tertiary/aromatic N) is 2. The van der Waals surface area contributed by atoms with Crippen LogP contribution in [0.3, 0.4) is 0 Å². The van der Waals surface area contributed by atoms with E-state index in [1.54, 1.807) is 48.5 Å². The van der Waals surface area contributed by atoms with Crippen molar-refractivity contribution in [3.8, 4) is 22.7 Å². The summed E-state index contributed by atoms with van der Waals surface area (Å²) in [6.07, 6.45) is -2.69. The molecule has 1 heterocycles. The molecule has 0 saturated heterocycles. The summed E-state index contributed by atoms with van der Waals surface area (Å²) >= 11 is 0. The summed E-state index contributed by atoms with van der Waals surface area (Å²) in [5.74, 6) is -1.57. The fourth-order valence-electron chi connectivity index (χ4n) is 2.88. The lowest BCUT2D eigenvalue weighted by Gasteiger charge is -2.10. The molecule has 0 atom stereocenters. The zero-order valence-electron chi connectivity index (χ0n) is 16.2. The molecule has 156 valence electrons. The smallest absolute Gasteiger partial charge is 0.357 e. The number of rotatable bonds is 7. The fraction of sp³-hybridized carbons (Fsp3) is 0.190. The van der Waals surface area contributed by atoms with Crippen molar-refractivity contribution in [2.75, 3.05) is 20.8 Å². The first-order valence-electron chi connectivity index (χ1n) is 8.83. The van der Waals surface area contributed by atoms with Crippen molar-refractivity contribution in [1.82, 2.24) is 9.78 Å². The van der Waals surface area contributed by atoms with Crippen LogP contribution in [-0.2, 0) is 9.47 Å². The molecule has 0 spiro atoms. The molecule has 0 bridgehead atoms. The Morgan fingerprint density at radius 2 is 1.60 bits per heavy atom. The average Bonchev–Trinajstić information content (AvgIpc) is 3.17. The van der Waals surface area contributed by atoms with Crippen LogP contribution in [0.25, 0.3) is 16.9 Å². The number of hydrogen-bond donors (Lipinski definition) is 0. The fourth-order valence-corrected chi connectivity index (χ4v) is 2.88. The van der Waals surface area contributed by atoms with Gasteiger partial charge in [0.15, 0.2) is 5.69 Å². The monoisotopic (exact) mass is 416 g/mol. The van der Waals surface area contributed by atoms with Gasteiger partial charge in [-0.2, -0.15) is 5.10 Å². The highest BCUT2D eigenvalue weighted by Crippen LogP contribution is 2.35. The summed E-state index contributed by atoms with van der Waals surface area (Å²) in [7, 11) is 2.33. The van der Waals surface area contributed by atoms with E-state index < -0.39 is 25.0 Å². The van der Waals surface area contributed by atoms with E-state index in [1.165, 1.54) is 17.9 Å². The van der Waals surface area contributed by atoms with E-state index in [0.717, 1.165) is 7.11 Å². The van der Waals surface area contributed by atoms with Gasteiger partial charge >= 0.3 is 11.9 Å². The molecular formula is C21H18F2N2O5. The van der Waals surface area contributed by atoms with Gasteiger partial charge in [0.2, 0.25) is 0 Å². The Hall–Kier alpha value is -3.75. The molecule has 9 heteroatoms. The van der Waals surface area contributed by atoms with E-state index in [1.807, 2.05) is 0 Å². The molecule has 0 radical (unpaired) electrons. The van der Waals surface area contributed by atoms with Crippen LogP contribution in [0.5, 0.6) is 5.75 Å². The van der Waals surface area contributed by atoms with Crippen LogP contribution in [0.4, 0.5) is 8.78 Å². The van der Waals surface area contributed by atoms with Gasteiger partial charge in [-0.05, 0) is 24.3 Å². The van der Waals surface area contributed by atoms with Crippen molar-refractivity contribution in [2.45, 2.75) is 6.43 Å². The molecule has 30 heavy (non-hydrogen) atoms. The molecule has 0 aliphatic carbocycles. The van der Waals surface area contributed by atoms with Gasteiger partial charge in [-0.25, -0.2) is 23.1 Å². The van der Waals surface area contributed by atoms with Crippen LogP contribution in [0.2, 0.25) is 0 Å². The van der Waals surface area contributed by atoms with Gasteiger partial charge in [-0.3, -0.25) is 0 Å². The summed E-state index contributed by atoms with van der Waals surface area (Å²) in [4.78, 5) is 25.2. The van der Waals surface area contributed by atoms with Crippen molar-refractivity contribution < 1.29 is 32.6 Å². The maximum absolute atomic E-state index is 12.7. The van der Waals surface area contributed by atoms with E-state index in [0.29, 0.717) is 5.69 Å². The lowest BCUT2D eigenvalue weighted by molar-refractivity contribution is 0.0549. The van der Waals surface area contributed by atoms with E-state index in [4.69, 9.17) is 14.2 Å². The minimum Gasteiger partial charge on any atom is -0.487 e. The standard InChI is InChI=1S/C21H18F2N2O5/c1-28-20(26)17-18(14-10-6-7-11-15(14)30-12-16(22)23)24-25(19(17)21(27)29-2)13-8-4-3-5-9-13/h3-11,16H,12H2,1-2H3. The second-order valence-corrected chi connectivity index (χ2v) is 6.00. The maximum Gasteiger partial charge on any atom is 0.357 e. The number of methoxy groups -OCH3 is 2. The average molecular weight is 416 g/mol. The number of halogens is 2. The Kier molecular flexibility index (Phi) is 6.41. The Balaban J connectivity index is 2.29. The van der Waals surface area contributed by atoms with Crippen LogP contribution in [0.1, 0.15) is 20.8 Å². The molecule has 0 aliphatic heterocycles. The third-order valence-corrected chi connectivity index (χ3v) is 4.16. The van der Waals surface area contributed by atoms with E-state index in [2.05, 4.69) is 5.10 Å². The number of aromatic nitrogens is 2. The number of carbonyl (C=O) groups is 2. The number of esters is 2. The predicted molar refractivity (Wildman–Crippen MR) is 103 cm³/mol. The van der Waals surface area contributed by atoms with Crippen molar-refractivity contribution in [2.24, 2.45) is 0 Å². The van der Waals surface area contributed by atoms with Crippen LogP contribution in [-0.4, -0.2) is 49.0 Å². The Morgan fingerprint density at radius 1 is 0.967 bits per heavy atom. The highest BCUT2D eigenvalue weighted by atomic mass is 19.3. The first kappa shape index (κ1) is 21.0. The van der Waals surface area contributed by atoms with Crippen molar-refractivity contribution in [3.05, 3.63) is 65.9 Å². The largest absolute Gasteiger partial charge is 0.487 e. The minimum atomic E-state index is -2.69. The first-order chi connectivity index (χ1) is 14.5. The molecule has 7 nitrogen and oxygen atoms in total. The molecule has 0 N–H and O–H groups in total. The number of carbonyl (C=O) groups excluding carboxylic acids is 2. The zero-order valence-corrected chi connectivity index (χ0v) is 16.2. The molecule has 0 unspecified atom stereocenters. The lowest BCUT2D eigenvalue weighted by atomic mass is 10.0. The third kappa shape index (κ3) is 4.14. The number of para-hydroxylation sites is 2. The number of alkyl halides is 2. The zero-order chi connectivity index (χ0) is 21.7. The summed E-state index contributed by atoms with van der Waals surface area (Å²) in [6.45, 7) is -0.839. The second kappa shape index (κ2) is 9.17. The van der Waals surface area contributed by atoms with Gasteiger partial charge in [0, 0.05) is 5.56 Å². The molecule has 2 aromatic carbocycles. The normalized spacial score (nSPS) is 10.7. The van der Waals surface area contributed by atoms with Crippen molar-refractivity contribution in [3.63, 3.8) is 0 Å². The van der Waals surface area contributed by atoms with Gasteiger partial charge in [-0.15, -0.1) is 0 Å². The summed E-state index contributed by atoms with van der Waals surface area (Å²) in [6, 6.07) is 14.9. The predicted octanol–water partition coefficient (Wildman–Crippen LogP) is 3.76. The second-order valence-electron chi connectivity index (χ2n) is 6.00. The van der Waals surface area contributed by atoms with Crippen LogP contribution in [0.15, 0.2) is 54.6 Å². The van der Waals surface area contributed by atoms with Crippen LogP contribution < -0.4 is 4.74 Å². The first-order valence-corrected chi connectivity index (χ1v) is 8.83. The van der Waals surface area contributed by atoms with Gasteiger partial charge in [0.1, 0.15) is 23.6 Å². The summed E-state index contributed by atoms with van der Waals surface area (Å²) < 4.78 is 41.5. The topological polar surface area (TPSA) is 79.7 Å². The molecule has 0 saturated carbocycles. The highest BCUT2D eigenvalue weighted by Gasteiger charge is 2.32. The SMILES string of the molecule is COC(=O)c1c(-c2ccccc2OCC(F)F)nn(-c2ccccc2)c1C(=O)OC. The molecule has 3 aromatic rings. The molecule has 0 amide bonds. The number of hydrogen-bond acceptors (Lipinski definition) is 6. The van der Waals surface area contributed by atoms with Crippen molar-refractivity contribution in [1.29, 1.82) is 0 Å². The molecular weight excluding hydrogens is 398 g/mol. The van der Waals surface area contributed by atoms with Crippen molar-refractivity contribution >= 4 is 11.9 Å². The maximum atomic E-state index is 12.7. The number of benzene rings is 2. The summed E-state index contributed by atoms with van der Waals surface area (Å²) in [5.41, 5.74) is 0.449. The van der Waals surface area contributed by atoms with E-state index in [-0.39, 0.29) is 28.3 Å². The molecule has 1 aromatic heterocycles. The van der Waals surface area contributed by atoms with Crippen LogP contribution in [0, 0.1) is 0 Å². The molecule has 3 rings (SSSR count). The quantitative estimate of drug-likeness (QED) is 0.546. The van der Waals surface area contributed by atoms with Crippen LogP contribution >= 0.6 is 0 Å². The summed E-state index contributed by atoms with van der Waals surface area (Å²) in [5, 5.41) is 4.42. The Bertz CT molecular complexity index is 1050. The van der Waals surface area contributed by atoms with Gasteiger partial charge in [0.05, 0.1) is 19.9 Å². The lowest BCUT2D eigenvalue weighted by Crippen LogP contribution is -2.15. The Morgan fingerprint density at radius 3 is 2.23 bits per heavy atom. The highest BCUT2D eigenvalue weighted by molar-refractivity contribution is 6.07. The number of ether oxygens (including phenoxy) is 3. The minimum absolute atomic E-state index is 0.0379. The van der Waals surface area contributed by atoms with Gasteiger partial charge < -0.3 is 14.2 Å². The Labute approximate surface area is 170 Å². The third-order valence-electron chi connectivity index (χ3n) is 4.16. The van der Waals surface area contributed by atoms with Gasteiger partial charge in [-0.1, -0.05) is 30.3 Å². The van der Waals surface area contributed by atoms with E-state index in [9.17, 15) is 18.4 Å². The van der Waals surface area contributed by atoms with E-state index >= 15 is 0 Å².